The lowest BCUT2D eigenvalue weighted by Gasteiger charge is -2.12. The van der Waals surface area contributed by atoms with E-state index in [9.17, 15) is 9.59 Å². The molecule has 0 bridgehead atoms. The van der Waals surface area contributed by atoms with E-state index in [1.165, 1.54) is 0 Å². The van der Waals surface area contributed by atoms with Gasteiger partial charge in [0.1, 0.15) is 0 Å². The minimum Gasteiger partial charge on any atom is -0.352 e. The zero-order valence-corrected chi connectivity index (χ0v) is 14.5. The van der Waals surface area contributed by atoms with Crippen molar-refractivity contribution in [2.75, 3.05) is 11.9 Å². The first-order valence-electron chi connectivity index (χ1n) is 8.25. The third-order valence-corrected chi connectivity index (χ3v) is 4.41. The Morgan fingerprint density at radius 3 is 2.44 bits per heavy atom. The van der Waals surface area contributed by atoms with E-state index in [-0.39, 0.29) is 11.8 Å². The molecular weight excluding hydrogens is 338 g/mol. The molecule has 0 aromatic heterocycles. The van der Waals surface area contributed by atoms with Gasteiger partial charge < -0.3 is 16.4 Å². The summed E-state index contributed by atoms with van der Waals surface area (Å²) in [5.74, 6) is 0.0487. The van der Waals surface area contributed by atoms with E-state index in [0.29, 0.717) is 40.8 Å². The highest BCUT2D eigenvalue weighted by Crippen LogP contribution is 2.28. The van der Waals surface area contributed by atoms with Gasteiger partial charge in [0.15, 0.2) is 0 Å². The van der Waals surface area contributed by atoms with E-state index in [1.807, 2.05) is 0 Å². The van der Waals surface area contributed by atoms with Crippen LogP contribution in [0.2, 0.25) is 5.02 Å². The zero-order chi connectivity index (χ0) is 17.8. The number of halogens is 1. The van der Waals surface area contributed by atoms with Crippen LogP contribution in [-0.2, 0) is 6.54 Å². The van der Waals surface area contributed by atoms with Crippen molar-refractivity contribution in [3.05, 3.63) is 64.2 Å². The predicted molar refractivity (Wildman–Crippen MR) is 98.8 cm³/mol. The number of carbonyl (C=O) groups excluding carboxylic acids is 2. The van der Waals surface area contributed by atoms with Crippen LogP contribution in [0.1, 0.15) is 39.1 Å². The van der Waals surface area contributed by atoms with Crippen molar-refractivity contribution in [3.63, 3.8) is 0 Å². The van der Waals surface area contributed by atoms with E-state index in [0.717, 1.165) is 18.4 Å². The summed E-state index contributed by atoms with van der Waals surface area (Å²) in [7, 11) is 0. The van der Waals surface area contributed by atoms with Crippen LogP contribution in [0.25, 0.3) is 0 Å². The lowest BCUT2D eigenvalue weighted by atomic mass is 10.1. The highest BCUT2D eigenvalue weighted by atomic mass is 35.5. The Morgan fingerprint density at radius 1 is 1.08 bits per heavy atom. The molecule has 1 fully saturated rings. The van der Waals surface area contributed by atoms with Crippen molar-refractivity contribution >= 4 is 29.1 Å². The first-order valence-corrected chi connectivity index (χ1v) is 8.62. The monoisotopic (exact) mass is 357 g/mol. The summed E-state index contributed by atoms with van der Waals surface area (Å²) >= 11 is 6.02. The zero-order valence-electron chi connectivity index (χ0n) is 13.7. The molecule has 2 aromatic rings. The molecule has 5 nitrogen and oxygen atoms in total. The van der Waals surface area contributed by atoms with E-state index in [1.54, 1.807) is 42.5 Å². The Bertz CT molecular complexity index is 786. The summed E-state index contributed by atoms with van der Waals surface area (Å²) in [4.78, 5) is 24.9. The topological polar surface area (TPSA) is 84.2 Å². The molecular formula is C19H20ClN3O2. The highest BCUT2D eigenvalue weighted by molar-refractivity contribution is 6.31. The molecule has 0 radical (unpaired) electrons. The fraction of sp³-hybridized carbons (Fsp3) is 0.263. The van der Waals surface area contributed by atoms with E-state index in [4.69, 9.17) is 17.3 Å². The number of nitrogens with two attached hydrogens (primary N) is 1. The second kappa shape index (κ2) is 7.68. The van der Waals surface area contributed by atoms with Gasteiger partial charge in [-0.15, -0.1) is 0 Å². The van der Waals surface area contributed by atoms with Gasteiger partial charge in [-0.2, -0.15) is 0 Å². The van der Waals surface area contributed by atoms with Crippen LogP contribution in [-0.4, -0.2) is 18.4 Å². The van der Waals surface area contributed by atoms with Gasteiger partial charge in [-0.05, 0) is 54.7 Å². The third kappa shape index (κ3) is 4.59. The van der Waals surface area contributed by atoms with Gasteiger partial charge in [0, 0.05) is 23.7 Å². The van der Waals surface area contributed by atoms with Crippen LogP contribution < -0.4 is 16.4 Å². The third-order valence-electron chi connectivity index (χ3n) is 4.17. The van der Waals surface area contributed by atoms with Gasteiger partial charge in [0.2, 0.25) is 0 Å². The summed E-state index contributed by atoms with van der Waals surface area (Å²) < 4.78 is 0. The normalized spacial score (nSPS) is 13.4. The Kier molecular flexibility index (Phi) is 5.36. The van der Waals surface area contributed by atoms with Crippen molar-refractivity contribution < 1.29 is 9.59 Å². The van der Waals surface area contributed by atoms with E-state index < -0.39 is 0 Å². The van der Waals surface area contributed by atoms with Crippen LogP contribution in [0.15, 0.2) is 42.5 Å². The highest BCUT2D eigenvalue weighted by Gasteiger charge is 2.23. The minimum absolute atomic E-state index is 0.233. The largest absolute Gasteiger partial charge is 0.352 e. The van der Waals surface area contributed by atoms with Gasteiger partial charge in [-0.1, -0.05) is 23.7 Å². The number of benzene rings is 2. The summed E-state index contributed by atoms with van der Waals surface area (Å²) in [5, 5.41) is 6.13. The number of hydrogen-bond donors (Lipinski definition) is 3. The fourth-order valence-electron chi connectivity index (χ4n) is 2.45. The smallest absolute Gasteiger partial charge is 0.255 e. The molecule has 25 heavy (non-hydrogen) atoms. The average molecular weight is 358 g/mol. The number of carbonyl (C=O) groups is 2. The second-order valence-corrected chi connectivity index (χ2v) is 6.63. The molecule has 0 unspecified atom stereocenters. The van der Waals surface area contributed by atoms with Crippen molar-refractivity contribution in [2.24, 2.45) is 11.7 Å². The van der Waals surface area contributed by atoms with Crippen molar-refractivity contribution in [3.8, 4) is 0 Å². The Labute approximate surface area is 151 Å². The SMILES string of the molecule is NCc1ccc(C(=O)Nc2ccc(Cl)cc2C(=O)NCC2CC2)cc1. The molecule has 4 N–H and O–H groups in total. The van der Waals surface area contributed by atoms with E-state index >= 15 is 0 Å². The Hall–Kier alpha value is -2.37. The maximum Gasteiger partial charge on any atom is 0.255 e. The molecule has 1 aliphatic carbocycles. The van der Waals surface area contributed by atoms with Gasteiger partial charge >= 0.3 is 0 Å². The maximum atomic E-state index is 12.4. The van der Waals surface area contributed by atoms with Gasteiger partial charge in [0.05, 0.1) is 11.3 Å². The molecule has 6 heteroatoms. The molecule has 1 aliphatic rings. The van der Waals surface area contributed by atoms with Crippen LogP contribution in [0.3, 0.4) is 0 Å². The number of rotatable bonds is 6. The standard InChI is InChI=1S/C19H20ClN3O2/c20-15-7-8-17(16(9-15)19(25)22-11-13-1-2-13)23-18(24)14-5-3-12(10-21)4-6-14/h3-9,13H,1-2,10-11,21H2,(H,22,25)(H,23,24). The quantitative estimate of drug-likeness (QED) is 0.742. The number of hydrogen-bond acceptors (Lipinski definition) is 3. The summed E-state index contributed by atoms with van der Waals surface area (Å²) in [6.45, 7) is 1.07. The van der Waals surface area contributed by atoms with Crippen LogP contribution >= 0.6 is 11.6 Å². The molecule has 0 atom stereocenters. The van der Waals surface area contributed by atoms with Crippen LogP contribution in [0.4, 0.5) is 5.69 Å². The van der Waals surface area contributed by atoms with Crippen molar-refractivity contribution in [2.45, 2.75) is 19.4 Å². The lowest BCUT2D eigenvalue weighted by Crippen LogP contribution is -2.27. The van der Waals surface area contributed by atoms with Crippen molar-refractivity contribution in [1.82, 2.24) is 5.32 Å². The molecule has 0 heterocycles. The Balaban J connectivity index is 1.75. The Morgan fingerprint density at radius 2 is 1.80 bits per heavy atom. The lowest BCUT2D eigenvalue weighted by molar-refractivity contribution is 0.0952. The first-order chi connectivity index (χ1) is 12.1. The summed E-state index contributed by atoms with van der Waals surface area (Å²) in [6, 6.07) is 11.9. The molecule has 130 valence electrons. The fourth-order valence-corrected chi connectivity index (χ4v) is 2.63. The molecule has 3 rings (SSSR count). The average Bonchev–Trinajstić information content (AvgIpc) is 3.45. The molecule has 0 aliphatic heterocycles. The maximum absolute atomic E-state index is 12.4. The molecule has 0 spiro atoms. The van der Waals surface area contributed by atoms with Crippen LogP contribution in [0.5, 0.6) is 0 Å². The minimum atomic E-state index is -0.290. The van der Waals surface area contributed by atoms with Crippen LogP contribution in [0, 0.1) is 5.92 Å². The summed E-state index contributed by atoms with van der Waals surface area (Å²) in [5.41, 5.74) is 7.80. The van der Waals surface area contributed by atoms with Gasteiger partial charge in [-0.3, -0.25) is 9.59 Å². The summed E-state index contributed by atoms with van der Waals surface area (Å²) in [6.07, 6.45) is 2.30. The second-order valence-electron chi connectivity index (χ2n) is 6.20. The number of anilines is 1. The molecule has 2 aromatic carbocycles. The molecule has 1 saturated carbocycles. The predicted octanol–water partition coefficient (Wildman–Crippen LogP) is 3.19. The molecule has 2 amide bonds. The number of amides is 2. The van der Waals surface area contributed by atoms with E-state index in [2.05, 4.69) is 10.6 Å². The van der Waals surface area contributed by atoms with Gasteiger partial charge in [0.25, 0.3) is 11.8 Å². The van der Waals surface area contributed by atoms with Gasteiger partial charge in [-0.25, -0.2) is 0 Å². The first kappa shape index (κ1) is 17.5. The van der Waals surface area contributed by atoms with Crippen molar-refractivity contribution in [1.29, 1.82) is 0 Å². The molecule has 0 saturated heterocycles. The number of nitrogens with one attached hydrogen (secondary N) is 2.